The molecular formula is C31H43N7O4S2. The number of rotatable bonds is 8. The minimum atomic E-state index is -3.58. The molecule has 13 heteroatoms. The lowest BCUT2D eigenvalue weighted by Gasteiger charge is -2.38. The first kappa shape index (κ1) is 31.0. The first-order valence-electron chi connectivity index (χ1n) is 15.7. The van der Waals surface area contributed by atoms with Crippen LogP contribution in [0.15, 0.2) is 41.1 Å². The zero-order valence-corrected chi connectivity index (χ0v) is 27.3. The fraction of sp³-hybridized carbons (Fsp3) is 0.581. The maximum Gasteiger partial charge on any atom is 0.323 e. The first-order chi connectivity index (χ1) is 21.3. The number of amides is 2. The Labute approximate surface area is 264 Å². The van der Waals surface area contributed by atoms with Crippen LogP contribution in [0.25, 0.3) is 11.3 Å². The van der Waals surface area contributed by atoms with Crippen molar-refractivity contribution in [2.24, 2.45) is 13.0 Å². The number of imidazole rings is 1. The molecule has 2 saturated heterocycles. The van der Waals surface area contributed by atoms with Crippen molar-refractivity contribution in [1.82, 2.24) is 28.6 Å². The molecule has 0 radical (unpaired) electrons. The van der Waals surface area contributed by atoms with E-state index in [1.54, 1.807) is 29.2 Å². The van der Waals surface area contributed by atoms with Crippen molar-refractivity contribution in [1.29, 1.82) is 0 Å². The molecule has 1 aliphatic carbocycles. The van der Waals surface area contributed by atoms with Gasteiger partial charge in [0, 0.05) is 70.0 Å². The van der Waals surface area contributed by atoms with E-state index in [1.165, 1.54) is 55.3 Å². The van der Waals surface area contributed by atoms with Crippen LogP contribution in [-0.4, -0.2) is 96.0 Å². The van der Waals surface area contributed by atoms with Gasteiger partial charge in [-0.2, -0.15) is 4.31 Å². The maximum atomic E-state index is 13.1. The van der Waals surface area contributed by atoms with Gasteiger partial charge in [0.25, 0.3) is 10.0 Å². The van der Waals surface area contributed by atoms with E-state index >= 15 is 0 Å². The molecule has 1 aromatic carbocycles. The molecule has 4 heterocycles. The van der Waals surface area contributed by atoms with Gasteiger partial charge in [-0.3, -0.25) is 10.2 Å². The van der Waals surface area contributed by atoms with E-state index in [0.717, 1.165) is 49.5 Å². The Morgan fingerprint density at radius 3 is 2.59 bits per heavy atom. The summed E-state index contributed by atoms with van der Waals surface area (Å²) in [5.41, 5.74) is 3.12. The van der Waals surface area contributed by atoms with Crippen molar-refractivity contribution in [2.45, 2.75) is 55.9 Å². The Kier molecular flexibility index (Phi) is 9.55. The zero-order valence-electron chi connectivity index (χ0n) is 25.7. The lowest BCUT2D eigenvalue weighted by molar-refractivity contribution is 0.119. The second kappa shape index (κ2) is 13.6. The molecule has 6 rings (SSSR count). The van der Waals surface area contributed by atoms with Crippen LogP contribution in [0, 0.1) is 5.92 Å². The van der Waals surface area contributed by atoms with Crippen molar-refractivity contribution in [3.05, 3.63) is 41.7 Å². The quantitative estimate of drug-likeness (QED) is 0.374. The van der Waals surface area contributed by atoms with Crippen molar-refractivity contribution in [3.8, 4) is 17.0 Å². The number of aryl methyl sites for hydroxylation is 1. The largest absolute Gasteiger partial charge is 0.496 e. The number of aromatic nitrogens is 3. The van der Waals surface area contributed by atoms with E-state index in [-0.39, 0.29) is 17.0 Å². The standard InChI is InChI=1S/C31H43N7O4S2/c1-35-20-29(32-22-35)44(40,41)38-12-6-7-23(19-38)18-36-13-15-37(16-14-36)31(39)34-30-33-27(21-43-30)26-17-25(10-11-28(26)42-2)24-8-4-3-5-9-24/h10-11,17,20-24H,3-9,12-16,18-19H2,1-2H3,(H,33,34,39)/t23-/m0/s1. The highest BCUT2D eigenvalue weighted by molar-refractivity contribution is 7.89. The molecule has 11 nitrogen and oxygen atoms in total. The highest BCUT2D eigenvalue weighted by Crippen LogP contribution is 2.38. The topological polar surface area (TPSA) is 113 Å². The van der Waals surface area contributed by atoms with E-state index < -0.39 is 10.0 Å². The van der Waals surface area contributed by atoms with Gasteiger partial charge in [-0.05, 0) is 55.2 Å². The summed E-state index contributed by atoms with van der Waals surface area (Å²) in [6.45, 7) is 4.59. The average Bonchev–Trinajstić information content (AvgIpc) is 3.71. The van der Waals surface area contributed by atoms with Gasteiger partial charge in [0.1, 0.15) is 5.75 Å². The fourth-order valence-electron chi connectivity index (χ4n) is 6.79. The van der Waals surface area contributed by atoms with Crippen LogP contribution >= 0.6 is 11.3 Å². The monoisotopic (exact) mass is 641 g/mol. The third kappa shape index (κ3) is 6.95. The third-order valence-corrected chi connectivity index (χ3v) is 11.7. The number of ether oxygens (including phenoxy) is 1. The molecule has 0 unspecified atom stereocenters. The van der Waals surface area contributed by atoms with Crippen LogP contribution in [0.3, 0.4) is 0 Å². The maximum absolute atomic E-state index is 13.1. The van der Waals surface area contributed by atoms with Crippen molar-refractivity contribution >= 4 is 32.5 Å². The van der Waals surface area contributed by atoms with Crippen molar-refractivity contribution in [2.75, 3.05) is 58.2 Å². The molecule has 44 heavy (non-hydrogen) atoms. The predicted octanol–water partition coefficient (Wildman–Crippen LogP) is 4.85. The number of nitrogens with one attached hydrogen (secondary N) is 1. The molecule has 1 N–H and O–H groups in total. The number of nitrogens with zero attached hydrogens (tertiary/aromatic N) is 6. The van der Waals surface area contributed by atoms with Crippen LogP contribution in [-0.2, 0) is 17.1 Å². The molecule has 0 spiro atoms. The Hall–Kier alpha value is -3.00. The summed E-state index contributed by atoms with van der Waals surface area (Å²) in [6.07, 6.45) is 11.2. The summed E-state index contributed by atoms with van der Waals surface area (Å²) in [5.74, 6) is 1.63. The summed E-state index contributed by atoms with van der Waals surface area (Å²) in [5, 5.41) is 5.68. The number of carbonyl (C=O) groups excluding carboxylic acids is 1. The van der Waals surface area contributed by atoms with E-state index in [2.05, 4.69) is 27.3 Å². The normalized spacial score (nSPS) is 21.0. The van der Waals surface area contributed by atoms with Gasteiger partial charge in [0.05, 0.1) is 19.1 Å². The van der Waals surface area contributed by atoms with E-state index in [9.17, 15) is 13.2 Å². The van der Waals surface area contributed by atoms with Crippen LogP contribution in [0.2, 0.25) is 0 Å². The summed E-state index contributed by atoms with van der Waals surface area (Å²) in [7, 11) is -0.128. The number of benzene rings is 1. The minimum absolute atomic E-state index is 0.111. The smallest absolute Gasteiger partial charge is 0.323 e. The Morgan fingerprint density at radius 2 is 1.86 bits per heavy atom. The van der Waals surface area contributed by atoms with E-state index in [4.69, 9.17) is 9.72 Å². The zero-order chi connectivity index (χ0) is 30.7. The second-order valence-corrected chi connectivity index (χ2v) is 15.0. The molecular weight excluding hydrogens is 599 g/mol. The van der Waals surface area contributed by atoms with Crippen molar-refractivity contribution in [3.63, 3.8) is 0 Å². The number of anilines is 1. The molecule has 3 aromatic rings. The van der Waals surface area contributed by atoms with Gasteiger partial charge in [0.15, 0.2) is 10.2 Å². The van der Waals surface area contributed by atoms with Gasteiger partial charge in [-0.25, -0.2) is 23.2 Å². The Morgan fingerprint density at radius 1 is 1.07 bits per heavy atom. The lowest BCUT2D eigenvalue weighted by atomic mass is 9.83. The Bertz CT molecular complexity index is 1540. The van der Waals surface area contributed by atoms with Gasteiger partial charge >= 0.3 is 6.03 Å². The summed E-state index contributed by atoms with van der Waals surface area (Å²) in [6, 6.07) is 6.30. The third-order valence-electron chi connectivity index (χ3n) is 9.24. The number of piperazine rings is 1. The first-order valence-corrected chi connectivity index (χ1v) is 18.0. The van der Waals surface area contributed by atoms with Gasteiger partial charge in [0.2, 0.25) is 0 Å². The highest BCUT2D eigenvalue weighted by atomic mass is 32.2. The highest BCUT2D eigenvalue weighted by Gasteiger charge is 2.33. The Balaban J connectivity index is 1.01. The second-order valence-electron chi connectivity index (χ2n) is 12.3. The summed E-state index contributed by atoms with van der Waals surface area (Å²) < 4.78 is 35.1. The van der Waals surface area contributed by atoms with Crippen LogP contribution < -0.4 is 10.1 Å². The molecule has 2 aliphatic heterocycles. The number of methoxy groups -OCH3 is 1. The van der Waals surface area contributed by atoms with Crippen LogP contribution in [0.1, 0.15) is 56.4 Å². The van der Waals surface area contributed by atoms with Gasteiger partial charge < -0.3 is 14.2 Å². The molecule has 3 fully saturated rings. The summed E-state index contributed by atoms with van der Waals surface area (Å²) >= 11 is 1.43. The predicted molar refractivity (Wildman–Crippen MR) is 172 cm³/mol. The van der Waals surface area contributed by atoms with Crippen LogP contribution in [0.4, 0.5) is 9.93 Å². The average molecular weight is 642 g/mol. The molecule has 1 saturated carbocycles. The number of sulfonamides is 1. The molecule has 0 bridgehead atoms. The molecule has 2 aromatic heterocycles. The fourth-order valence-corrected chi connectivity index (χ4v) is 9.01. The number of carbonyl (C=O) groups is 1. The molecule has 238 valence electrons. The molecule has 3 aliphatic rings. The summed E-state index contributed by atoms with van der Waals surface area (Å²) in [4.78, 5) is 26.2. The molecule has 2 amide bonds. The number of thiazole rings is 1. The molecule has 1 atom stereocenters. The lowest BCUT2D eigenvalue weighted by Crippen LogP contribution is -2.52. The van der Waals surface area contributed by atoms with Crippen LogP contribution in [0.5, 0.6) is 5.75 Å². The minimum Gasteiger partial charge on any atom is -0.496 e. The van der Waals surface area contributed by atoms with Gasteiger partial charge in [-0.15, -0.1) is 11.3 Å². The SMILES string of the molecule is COc1ccc(C2CCCCC2)cc1-c1csc(NC(=O)N2CCN(C[C@@H]3CCCN(S(=O)(=O)c4cn(C)cn4)C3)CC2)n1. The van der Waals surface area contributed by atoms with E-state index in [1.807, 2.05) is 16.3 Å². The van der Waals surface area contributed by atoms with Crippen molar-refractivity contribution < 1.29 is 17.9 Å². The van der Waals surface area contributed by atoms with E-state index in [0.29, 0.717) is 37.2 Å². The number of urea groups is 1. The van der Waals surface area contributed by atoms with Gasteiger partial charge in [-0.1, -0.05) is 25.3 Å². The number of piperidine rings is 1. The number of hydrogen-bond acceptors (Lipinski definition) is 8. The number of hydrogen-bond donors (Lipinski definition) is 1.